The molecule has 0 aliphatic carbocycles. The van der Waals surface area contributed by atoms with Crippen molar-refractivity contribution in [1.29, 1.82) is 0 Å². The van der Waals surface area contributed by atoms with E-state index in [1.165, 1.54) is 11.8 Å². The molecule has 1 saturated heterocycles. The molecule has 27 heavy (non-hydrogen) atoms. The molecule has 3 rings (SSSR count). The van der Waals surface area contributed by atoms with Crippen LogP contribution in [0.5, 0.6) is 0 Å². The van der Waals surface area contributed by atoms with Gasteiger partial charge >= 0.3 is 0 Å². The first-order valence-electron chi connectivity index (χ1n) is 8.82. The Morgan fingerprint density at radius 3 is 2.37 bits per heavy atom. The molecule has 0 saturated carbocycles. The van der Waals surface area contributed by atoms with E-state index in [0.717, 1.165) is 43.9 Å². The lowest BCUT2D eigenvalue weighted by Crippen LogP contribution is -2.44. The van der Waals surface area contributed by atoms with Gasteiger partial charge in [0.15, 0.2) is 0 Å². The Kier molecular flexibility index (Phi) is 6.37. The standard InChI is InChI=1S/C19H23ClFN3O2S/c1-23-10-12-24(13-11-23)16-4-2-15(3-5-16)8-9-22-27(25,26)17-6-7-19(21)18(20)14-17/h2-7,14,22H,8-13H2,1H3. The molecule has 2 aromatic rings. The van der Waals surface area contributed by atoms with Gasteiger partial charge in [0.05, 0.1) is 9.92 Å². The number of sulfonamides is 1. The summed E-state index contributed by atoms with van der Waals surface area (Å²) >= 11 is 5.66. The molecular weight excluding hydrogens is 389 g/mol. The first-order valence-corrected chi connectivity index (χ1v) is 10.7. The molecule has 1 fully saturated rings. The molecule has 1 N–H and O–H groups in total. The van der Waals surface area contributed by atoms with Crippen LogP contribution in [0.1, 0.15) is 5.56 Å². The number of halogens is 2. The van der Waals surface area contributed by atoms with Gasteiger partial charge in [-0.15, -0.1) is 0 Å². The number of benzene rings is 2. The van der Waals surface area contributed by atoms with Crippen molar-refractivity contribution in [1.82, 2.24) is 9.62 Å². The van der Waals surface area contributed by atoms with Crippen molar-refractivity contribution >= 4 is 27.3 Å². The number of hydrogen-bond acceptors (Lipinski definition) is 4. The average molecular weight is 412 g/mol. The number of hydrogen-bond donors (Lipinski definition) is 1. The summed E-state index contributed by atoms with van der Waals surface area (Å²) in [4.78, 5) is 4.62. The van der Waals surface area contributed by atoms with E-state index in [1.807, 2.05) is 12.1 Å². The Hall–Kier alpha value is -1.67. The molecule has 0 spiro atoms. The van der Waals surface area contributed by atoms with Crippen molar-refractivity contribution in [3.63, 3.8) is 0 Å². The second-order valence-corrected chi connectivity index (χ2v) is 8.85. The zero-order valence-corrected chi connectivity index (χ0v) is 16.7. The minimum absolute atomic E-state index is 0.0423. The molecule has 2 aromatic carbocycles. The van der Waals surface area contributed by atoms with Crippen LogP contribution < -0.4 is 9.62 Å². The highest BCUT2D eigenvalue weighted by Gasteiger charge is 2.16. The number of nitrogens with zero attached hydrogens (tertiary/aromatic N) is 2. The average Bonchev–Trinajstić information content (AvgIpc) is 2.65. The first-order chi connectivity index (χ1) is 12.8. The molecule has 1 aliphatic heterocycles. The smallest absolute Gasteiger partial charge is 0.240 e. The van der Waals surface area contributed by atoms with Crippen LogP contribution >= 0.6 is 11.6 Å². The maximum absolute atomic E-state index is 13.2. The number of likely N-dealkylation sites (N-methyl/N-ethyl adjacent to an activating group) is 1. The molecule has 0 atom stereocenters. The van der Waals surface area contributed by atoms with E-state index in [-0.39, 0.29) is 16.5 Å². The molecule has 0 aromatic heterocycles. The largest absolute Gasteiger partial charge is 0.369 e. The van der Waals surface area contributed by atoms with Gasteiger partial charge in [0, 0.05) is 38.4 Å². The maximum atomic E-state index is 13.2. The van der Waals surface area contributed by atoms with E-state index < -0.39 is 15.8 Å². The van der Waals surface area contributed by atoms with E-state index in [0.29, 0.717) is 6.42 Å². The number of nitrogens with one attached hydrogen (secondary N) is 1. The highest BCUT2D eigenvalue weighted by atomic mass is 35.5. The second-order valence-electron chi connectivity index (χ2n) is 6.68. The summed E-state index contributed by atoms with van der Waals surface area (Å²) in [6.45, 7) is 4.38. The number of piperazine rings is 1. The third kappa shape index (κ3) is 5.19. The third-order valence-electron chi connectivity index (χ3n) is 4.71. The Labute approximate surface area is 164 Å². The lowest BCUT2D eigenvalue weighted by molar-refractivity contribution is 0.313. The van der Waals surface area contributed by atoms with Crippen LogP contribution in [0.25, 0.3) is 0 Å². The van der Waals surface area contributed by atoms with Crippen LogP contribution in [-0.4, -0.2) is 53.1 Å². The molecule has 1 aliphatic rings. The van der Waals surface area contributed by atoms with Crippen LogP contribution in [0.15, 0.2) is 47.4 Å². The van der Waals surface area contributed by atoms with Gasteiger partial charge in [0.25, 0.3) is 0 Å². The summed E-state index contributed by atoms with van der Waals surface area (Å²) in [6.07, 6.45) is 0.567. The quantitative estimate of drug-likeness (QED) is 0.794. The van der Waals surface area contributed by atoms with Gasteiger partial charge in [-0.2, -0.15) is 0 Å². The third-order valence-corrected chi connectivity index (χ3v) is 6.46. The summed E-state index contributed by atoms with van der Waals surface area (Å²) in [5.74, 6) is -0.643. The molecule has 0 amide bonds. The molecule has 146 valence electrons. The Bertz CT molecular complexity index is 882. The SMILES string of the molecule is CN1CCN(c2ccc(CCNS(=O)(=O)c3ccc(F)c(Cl)c3)cc2)CC1. The fourth-order valence-corrected chi connectivity index (χ4v) is 4.30. The summed E-state index contributed by atoms with van der Waals surface area (Å²) in [7, 11) is -1.59. The van der Waals surface area contributed by atoms with Crippen LogP contribution in [-0.2, 0) is 16.4 Å². The van der Waals surface area contributed by atoms with E-state index in [2.05, 4.69) is 33.7 Å². The lowest BCUT2D eigenvalue weighted by atomic mass is 10.1. The Balaban J connectivity index is 1.54. The Morgan fingerprint density at radius 1 is 1.07 bits per heavy atom. The van der Waals surface area contributed by atoms with Crippen molar-refractivity contribution in [2.24, 2.45) is 0 Å². The van der Waals surface area contributed by atoms with Crippen molar-refractivity contribution in [2.75, 3.05) is 44.7 Å². The molecule has 8 heteroatoms. The molecule has 0 radical (unpaired) electrons. The van der Waals surface area contributed by atoms with Crippen LogP contribution in [0, 0.1) is 5.82 Å². The molecule has 0 bridgehead atoms. The highest BCUT2D eigenvalue weighted by Crippen LogP contribution is 2.20. The normalized spacial score (nSPS) is 15.9. The van der Waals surface area contributed by atoms with Gasteiger partial charge in [-0.3, -0.25) is 0 Å². The summed E-state index contributed by atoms with van der Waals surface area (Å²) in [6, 6.07) is 11.6. The van der Waals surface area contributed by atoms with Crippen molar-refractivity contribution < 1.29 is 12.8 Å². The van der Waals surface area contributed by atoms with Crippen molar-refractivity contribution in [3.05, 3.63) is 58.9 Å². The zero-order valence-electron chi connectivity index (χ0n) is 15.2. The fraction of sp³-hybridized carbons (Fsp3) is 0.368. The highest BCUT2D eigenvalue weighted by molar-refractivity contribution is 7.89. The van der Waals surface area contributed by atoms with Crippen molar-refractivity contribution in [2.45, 2.75) is 11.3 Å². The minimum Gasteiger partial charge on any atom is -0.369 e. The Morgan fingerprint density at radius 2 is 1.74 bits per heavy atom. The summed E-state index contributed by atoms with van der Waals surface area (Å²) in [5.41, 5.74) is 2.24. The predicted octanol–water partition coefficient (Wildman–Crippen LogP) is 2.75. The van der Waals surface area contributed by atoms with Gasteiger partial charge in [0.1, 0.15) is 5.82 Å². The van der Waals surface area contributed by atoms with Gasteiger partial charge in [0.2, 0.25) is 10.0 Å². The second kappa shape index (κ2) is 8.56. The number of anilines is 1. The van der Waals surface area contributed by atoms with Crippen LogP contribution in [0.2, 0.25) is 5.02 Å². The van der Waals surface area contributed by atoms with E-state index in [9.17, 15) is 12.8 Å². The van der Waals surface area contributed by atoms with Gasteiger partial charge in [-0.1, -0.05) is 23.7 Å². The van der Waals surface area contributed by atoms with Crippen LogP contribution in [0.4, 0.5) is 10.1 Å². The van der Waals surface area contributed by atoms with E-state index in [4.69, 9.17) is 11.6 Å². The van der Waals surface area contributed by atoms with Crippen molar-refractivity contribution in [3.8, 4) is 0 Å². The molecule has 5 nitrogen and oxygen atoms in total. The van der Waals surface area contributed by atoms with Crippen LogP contribution in [0.3, 0.4) is 0 Å². The predicted molar refractivity (Wildman–Crippen MR) is 106 cm³/mol. The molecular formula is C19H23ClFN3O2S. The van der Waals surface area contributed by atoms with Gasteiger partial charge < -0.3 is 9.80 Å². The fourth-order valence-electron chi connectivity index (χ4n) is 3.00. The van der Waals surface area contributed by atoms with E-state index in [1.54, 1.807) is 0 Å². The van der Waals surface area contributed by atoms with Gasteiger partial charge in [-0.25, -0.2) is 17.5 Å². The lowest BCUT2D eigenvalue weighted by Gasteiger charge is -2.34. The molecule has 0 unspecified atom stereocenters. The maximum Gasteiger partial charge on any atom is 0.240 e. The minimum atomic E-state index is -3.71. The zero-order chi connectivity index (χ0) is 19.4. The monoisotopic (exact) mass is 411 g/mol. The summed E-state index contributed by atoms with van der Waals surface area (Å²) < 4.78 is 40.3. The summed E-state index contributed by atoms with van der Waals surface area (Å²) in [5, 5.41) is -0.211. The van der Waals surface area contributed by atoms with E-state index >= 15 is 0 Å². The molecule has 1 heterocycles. The number of rotatable bonds is 6. The topological polar surface area (TPSA) is 52.6 Å². The van der Waals surface area contributed by atoms with Gasteiger partial charge in [-0.05, 0) is 49.4 Å². The first kappa shape index (κ1) is 20.1.